The Morgan fingerprint density at radius 3 is 2.46 bits per heavy atom. The van der Waals surface area contributed by atoms with Gasteiger partial charge in [-0.2, -0.15) is 0 Å². The summed E-state index contributed by atoms with van der Waals surface area (Å²) >= 11 is 5.82. The molecule has 2 aromatic rings. The molecule has 6 nitrogen and oxygen atoms in total. The van der Waals surface area contributed by atoms with Crippen molar-refractivity contribution in [2.75, 3.05) is 5.32 Å². The molecule has 0 saturated heterocycles. The van der Waals surface area contributed by atoms with Crippen LogP contribution < -0.4 is 10.6 Å². The van der Waals surface area contributed by atoms with Gasteiger partial charge < -0.3 is 15.2 Å². The summed E-state index contributed by atoms with van der Waals surface area (Å²) in [5, 5.41) is 9.69. The van der Waals surface area contributed by atoms with Gasteiger partial charge >= 0.3 is 0 Å². The minimum atomic E-state index is -0.676. The first kappa shape index (κ1) is 18.0. The van der Waals surface area contributed by atoms with E-state index < -0.39 is 6.04 Å². The van der Waals surface area contributed by atoms with Crippen LogP contribution in [0.2, 0.25) is 5.02 Å². The molecule has 0 unspecified atom stereocenters. The molecule has 1 aromatic carbocycles. The minimum Gasteiger partial charge on any atom is -0.360 e. The molecule has 0 bridgehead atoms. The first-order valence-electron chi connectivity index (χ1n) is 7.65. The van der Waals surface area contributed by atoms with Crippen molar-refractivity contribution in [1.29, 1.82) is 0 Å². The van der Waals surface area contributed by atoms with Crippen LogP contribution in [0, 0.1) is 12.8 Å². The summed E-state index contributed by atoms with van der Waals surface area (Å²) in [7, 11) is 0. The van der Waals surface area contributed by atoms with E-state index in [2.05, 4.69) is 15.8 Å². The van der Waals surface area contributed by atoms with Crippen LogP contribution >= 0.6 is 11.6 Å². The summed E-state index contributed by atoms with van der Waals surface area (Å²) in [5.41, 5.74) is 0.443. The summed E-state index contributed by atoms with van der Waals surface area (Å²) in [4.78, 5) is 24.8. The molecular formula is C17H20ClN3O3. The van der Waals surface area contributed by atoms with Crippen LogP contribution in [-0.4, -0.2) is 23.0 Å². The van der Waals surface area contributed by atoms with Gasteiger partial charge in [0.05, 0.1) is 0 Å². The fourth-order valence-electron chi connectivity index (χ4n) is 2.18. The molecule has 0 fully saturated rings. The topological polar surface area (TPSA) is 84.2 Å². The van der Waals surface area contributed by atoms with Crippen molar-refractivity contribution >= 4 is 29.2 Å². The zero-order valence-electron chi connectivity index (χ0n) is 13.8. The second-order valence-electron chi connectivity index (χ2n) is 5.97. The Balaban J connectivity index is 2.07. The molecule has 1 aromatic heterocycles. The number of nitrogens with one attached hydrogen (secondary N) is 2. The second-order valence-corrected chi connectivity index (χ2v) is 6.41. The highest BCUT2D eigenvalue weighted by Gasteiger charge is 2.23. The summed E-state index contributed by atoms with van der Waals surface area (Å²) in [6.45, 7) is 5.69. The standard InChI is InChI=1S/C17H20ClN3O3/c1-10(2)8-14(17(23)20-15-9-11(3)24-21-15)19-16(22)12-4-6-13(18)7-5-12/h4-7,9-10,14H,8H2,1-3H3,(H,19,22)(H,20,21,23)/t14-/m1/s1. The van der Waals surface area contributed by atoms with E-state index in [4.69, 9.17) is 16.1 Å². The Kier molecular flexibility index (Phi) is 5.98. The molecule has 0 aliphatic carbocycles. The largest absolute Gasteiger partial charge is 0.360 e. The molecule has 2 amide bonds. The third-order valence-corrected chi connectivity index (χ3v) is 3.57. The fraction of sp³-hybridized carbons (Fsp3) is 0.353. The molecule has 0 aliphatic rings. The molecule has 128 valence electrons. The predicted octanol–water partition coefficient (Wildman–Crippen LogP) is 3.42. The van der Waals surface area contributed by atoms with Crippen LogP contribution in [0.15, 0.2) is 34.9 Å². The number of rotatable bonds is 6. The van der Waals surface area contributed by atoms with Crippen molar-refractivity contribution in [2.45, 2.75) is 33.2 Å². The van der Waals surface area contributed by atoms with Gasteiger partial charge in [0.2, 0.25) is 5.91 Å². The lowest BCUT2D eigenvalue weighted by Crippen LogP contribution is -2.44. The zero-order chi connectivity index (χ0) is 17.7. The molecule has 2 N–H and O–H groups in total. The van der Waals surface area contributed by atoms with Gasteiger partial charge in [-0.25, -0.2) is 0 Å². The lowest BCUT2D eigenvalue weighted by Gasteiger charge is -2.19. The molecular weight excluding hydrogens is 330 g/mol. The Hall–Kier alpha value is -2.34. The number of carbonyl (C=O) groups excluding carboxylic acids is 2. The maximum absolute atomic E-state index is 12.4. The van der Waals surface area contributed by atoms with Crippen molar-refractivity contribution in [3.05, 3.63) is 46.7 Å². The first-order chi connectivity index (χ1) is 11.3. The highest BCUT2D eigenvalue weighted by Crippen LogP contribution is 2.13. The first-order valence-corrected chi connectivity index (χ1v) is 8.03. The summed E-state index contributed by atoms with van der Waals surface area (Å²) in [5.74, 6) is 0.483. The normalized spacial score (nSPS) is 12.0. The van der Waals surface area contributed by atoms with Crippen LogP contribution in [0.1, 0.15) is 36.4 Å². The van der Waals surface area contributed by atoms with Gasteiger partial charge in [-0.15, -0.1) is 0 Å². The van der Waals surface area contributed by atoms with Gasteiger partial charge in [0.1, 0.15) is 11.8 Å². The van der Waals surface area contributed by atoms with Crippen molar-refractivity contribution in [1.82, 2.24) is 10.5 Å². The van der Waals surface area contributed by atoms with Gasteiger partial charge in [0, 0.05) is 16.7 Å². The summed E-state index contributed by atoms with van der Waals surface area (Å²) in [6.07, 6.45) is 0.502. The van der Waals surface area contributed by atoms with E-state index in [1.165, 1.54) is 0 Å². The van der Waals surface area contributed by atoms with Gasteiger partial charge in [-0.1, -0.05) is 30.6 Å². The SMILES string of the molecule is Cc1cc(NC(=O)[C@@H](CC(C)C)NC(=O)c2ccc(Cl)cc2)no1. The molecule has 2 rings (SSSR count). The lowest BCUT2D eigenvalue weighted by atomic mass is 10.0. The number of benzene rings is 1. The average Bonchev–Trinajstić information content (AvgIpc) is 2.91. The quantitative estimate of drug-likeness (QED) is 0.836. The maximum Gasteiger partial charge on any atom is 0.251 e. The highest BCUT2D eigenvalue weighted by atomic mass is 35.5. The van der Waals surface area contributed by atoms with Crippen LogP contribution in [0.3, 0.4) is 0 Å². The summed E-state index contributed by atoms with van der Waals surface area (Å²) < 4.78 is 4.92. The molecule has 0 saturated carbocycles. The highest BCUT2D eigenvalue weighted by molar-refractivity contribution is 6.30. The lowest BCUT2D eigenvalue weighted by molar-refractivity contribution is -0.118. The second kappa shape index (κ2) is 7.97. The Bertz CT molecular complexity index is 710. The van der Waals surface area contributed by atoms with Crippen molar-refractivity contribution < 1.29 is 14.1 Å². The van der Waals surface area contributed by atoms with Crippen molar-refractivity contribution in [3.8, 4) is 0 Å². The predicted molar refractivity (Wildman–Crippen MR) is 92.0 cm³/mol. The van der Waals surface area contributed by atoms with Gasteiger partial charge in [-0.05, 0) is 43.5 Å². The molecule has 0 radical (unpaired) electrons. The smallest absolute Gasteiger partial charge is 0.251 e. The third kappa shape index (κ3) is 5.09. The van der Waals surface area contributed by atoms with Crippen LogP contribution in [0.5, 0.6) is 0 Å². The fourth-order valence-corrected chi connectivity index (χ4v) is 2.31. The molecule has 1 atom stereocenters. The average molecular weight is 350 g/mol. The number of amides is 2. The molecule has 24 heavy (non-hydrogen) atoms. The number of hydrogen-bond acceptors (Lipinski definition) is 4. The Labute approximate surface area is 145 Å². The molecule has 0 aliphatic heterocycles. The number of anilines is 1. The van der Waals surface area contributed by atoms with E-state index in [0.717, 1.165) is 0 Å². The van der Waals surface area contributed by atoms with Crippen LogP contribution in [-0.2, 0) is 4.79 Å². The van der Waals surface area contributed by atoms with E-state index in [0.29, 0.717) is 28.6 Å². The zero-order valence-corrected chi connectivity index (χ0v) is 14.6. The Morgan fingerprint density at radius 2 is 1.92 bits per heavy atom. The number of hydrogen-bond donors (Lipinski definition) is 2. The van der Waals surface area contributed by atoms with E-state index in [9.17, 15) is 9.59 Å². The molecule has 7 heteroatoms. The third-order valence-electron chi connectivity index (χ3n) is 3.31. The Morgan fingerprint density at radius 1 is 1.25 bits per heavy atom. The van der Waals surface area contributed by atoms with Crippen molar-refractivity contribution in [2.24, 2.45) is 5.92 Å². The number of nitrogens with zero attached hydrogens (tertiary/aromatic N) is 1. The van der Waals surface area contributed by atoms with Gasteiger partial charge in [0.15, 0.2) is 5.82 Å². The van der Waals surface area contributed by atoms with Gasteiger partial charge in [0.25, 0.3) is 5.91 Å². The molecule has 1 heterocycles. The summed E-state index contributed by atoms with van der Waals surface area (Å²) in [6, 6.07) is 7.43. The number of carbonyl (C=O) groups is 2. The van der Waals surface area contributed by atoms with E-state index >= 15 is 0 Å². The van der Waals surface area contributed by atoms with Crippen LogP contribution in [0.25, 0.3) is 0 Å². The number of aromatic nitrogens is 1. The number of halogens is 1. The van der Waals surface area contributed by atoms with E-state index in [1.54, 1.807) is 37.3 Å². The van der Waals surface area contributed by atoms with Crippen LogP contribution in [0.4, 0.5) is 5.82 Å². The minimum absolute atomic E-state index is 0.227. The maximum atomic E-state index is 12.4. The van der Waals surface area contributed by atoms with E-state index in [-0.39, 0.29) is 17.7 Å². The number of aryl methyl sites for hydroxylation is 1. The molecule has 0 spiro atoms. The van der Waals surface area contributed by atoms with E-state index in [1.807, 2.05) is 13.8 Å². The van der Waals surface area contributed by atoms with Crippen molar-refractivity contribution in [3.63, 3.8) is 0 Å². The van der Waals surface area contributed by atoms with Gasteiger partial charge in [-0.3, -0.25) is 9.59 Å². The monoisotopic (exact) mass is 349 g/mol.